The molecule has 6 heteroatoms. The lowest BCUT2D eigenvalue weighted by Gasteiger charge is -2.43. The van der Waals surface area contributed by atoms with Crippen LogP contribution in [0, 0.1) is 5.92 Å². The quantitative estimate of drug-likeness (QED) is 0.468. The molecule has 5 nitrogen and oxygen atoms in total. The average Bonchev–Trinajstić information content (AvgIpc) is 2.79. The maximum atomic E-state index is 12.5. The third kappa shape index (κ3) is 2.76. The first-order valence-electron chi connectivity index (χ1n) is 7.60. The zero-order valence-electron chi connectivity index (χ0n) is 13.1. The molecule has 2 heterocycles. The number of hydrogen-bond acceptors (Lipinski definition) is 5. The van der Waals surface area contributed by atoms with Crippen LogP contribution < -0.4 is 0 Å². The van der Waals surface area contributed by atoms with Crippen LogP contribution in [0.3, 0.4) is 0 Å². The first kappa shape index (κ1) is 16.1. The fourth-order valence-electron chi connectivity index (χ4n) is 3.20. The van der Waals surface area contributed by atoms with E-state index in [4.69, 9.17) is 4.74 Å². The molecule has 0 aromatic heterocycles. The highest BCUT2D eigenvalue weighted by Gasteiger charge is 2.63. The van der Waals surface area contributed by atoms with Gasteiger partial charge in [0, 0.05) is 11.2 Å². The van der Waals surface area contributed by atoms with E-state index in [0.29, 0.717) is 0 Å². The van der Waals surface area contributed by atoms with Crippen molar-refractivity contribution in [1.29, 1.82) is 0 Å². The van der Waals surface area contributed by atoms with E-state index in [2.05, 4.69) is 0 Å². The maximum Gasteiger partial charge on any atom is 0.330 e. The van der Waals surface area contributed by atoms with Crippen LogP contribution >= 0.6 is 11.8 Å². The van der Waals surface area contributed by atoms with Crippen LogP contribution in [0.25, 0.3) is 0 Å². The predicted octanol–water partition coefficient (Wildman–Crippen LogP) is 2.00. The van der Waals surface area contributed by atoms with E-state index >= 15 is 0 Å². The van der Waals surface area contributed by atoms with Crippen LogP contribution in [0.1, 0.15) is 25.8 Å². The SMILES string of the molecule is CC1(C)S[C@@H]2[C@H](CC=O)C(=O)N2[C@H]1C(=O)OCc1ccccc1. The Balaban J connectivity index is 1.70. The van der Waals surface area contributed by atoms with Crippen molar-refractivity contribution in [2.75, 3.05) is 0 Å². The molecular weight excluding hydrogens is 314 g/mol. The third-order valence-electron chi connectivity index (χ3n) is 4.35. The van der Waals surface area contributed by atoms with Crippen LogP contribution in [0.5, 0.6) is 0 Å². The Morgan fingerprint density at radius 2 is 2.04 bits per heavy atom. The van der Waals surface area contributed by atoms with E-state index < -0.39 is 10.8 Å². The fraction of sp³-hybridized carbons (Fsp3) is 0.471. The Labute approximate surface area is 139 Å². The van der Waals surface area contributed by atoms with Gasteiger partial charge in [0.1, 0.15) is 18.9 Å². The molecule has 2 saturated heterocycles. The van der Waals surface area contributed by atoms with Crippen molar-refractivity contribution in [1.82, 2.24) is 4.90 Å². The summed E-state index contributed by atoms with van der Waals surface area (Å²) >= 11 is 1.57. The molecule has 0 N–H and O–H groups in total. The van der Waals surface area contributed by atoms with Gasteiger partial charge in [-0.3, -0.25) is 4.79 Å². The topological polar surface area (TPSA) is 63.7 Å². The molecule has 1 aromatic carbocycles. The van der Waals surface area contributed by atoms with Gasteiger partial charge in [-0.1, -0.05) is 30.3 Å². The highest BCUT2D eigenvalue weighted by atomic mass is 32.2. The Bertz CT molecular complexity index is 631. The average molecular weight is 333 g/mol. The van der Waals surface area contributed by atoms with E-state index in [1.807, 2.05) is 44.2 Å². The molecule has 2 aliphatic rings. The zero-order chi connectivity index (χ0) is 16.6. The number of fused-ring (bicyclic) bond motifs is 1. The number of hydrogen-bond donors (Lipinski definition) is 0. The van der Waals surface area contributed by atoms with Crippen molar-refractivity contribution in [3.8, 4) is 0 Å². The number of β-lactam (4-membered cyclic amide) rings is 1. The molecular formula is C17H19NO4S. The van der Waals surface area contributed by atoms with Crippen molar-refractivity contribution < 1.29 is 19.1 Å². The van der Waals surface area contributed by atoms with Gasteiger partial charge < -0.3 is 14.4 Å². The molecule has 0 aliphatic carbocycles. The Hall–Kier alpha value is -1.82. The minimum absolute atomic E-state index is 0.100. The second-order valence-electron chi connectivity index (χ2n) is 6.36. The predicted molar refractivity (Wildman–Crippen MR) is 86.5 cm³/mol. The molecule has 0 spiro atoms. The lowest BCUT2D eigenvalue weighted by atomic mass is 9.90. The van der Waals surface area contributed by atoms with Crippen LogP contribution in [0.4, 0.5) is 0 Å². The summed E-state index contributed by atoms with van der Waals surface area (Å²) in [5.41, 5.74) is 0.912. The van der Waals surface area contributed by atoms with Crippen molar-refractivity contribution in [3.05, 3.63) is 35.9 Å². The molecule has 2 fully saturated rings. The maximum absolute atomic E-state index is 12.5. The van der Waals surface area contributed by atoms with Crippen molar-refractivity contribution in [3.63, 3.8) is 0 Å². The summed E-state index contributed by atoms with van der Waals surface area (Å²) in [6.45, 7) is 4.08. The highest BCUT2D eigenvalue weighted by molar-refractivity contribution is 8.01. The summed E-state index contributed by atoms with van der Waals surface area (Å²) in [6.07, 6.45) is 0.989. The van der Waals surface area contributed by atoms with E-state index in [-0.39, 0.29) is 36.2 Å². The second-order valence-corrected chi connectivity index (χ2v) is 8.13. The molecule has 0 bridgehead atoms. The number of ether oxygens (including phenoxy) is 1. The standard InChI is InChI=1S/C17H19NO4S/c1-17(2)13(16(21)22-10-11-6-4-3-5-7-11)18-14(20)12(8-9-19)15(18)23-17/h3-7,9,12-13,15H,8,10H2,1-2H3/t12-,13+,15-/m1/s1. The van der Waals surface area contributed by atoms with Crippen LogP contribution in [0.2, 0.25) is 0 Å². The highest BCUT2D eigenvalue weighted by Crippen LogP contribution is 2.54. The minimum atomic E-state index is -0.600. The monoisotopic (exact) mass is 333 g/mol. The number of nitrogens with zero attached hydrogens (tertiary/aromatic N) is 1. The normalized spacial score (nSPS) is 28.0. The zero-order valence-corrected chi connectivity index (χ0v) is 13.9. The summed E-state index contributed by atoms with van der Waals surface area (Å²) in [5.74, 6) is -0.808. The molecule has 0 unspecified atom stereocenters. The van der Waals surface area contributed by atoms with Crippen LogP contribution in [-0.4, -0.2) is 39.2 Å². The van der Waals surface area contributed by atoms with E-state index in [0.717, 1.165) is 11.8 Å². The number of carbonyl (C=O) groups is 3. The molecule has 0 saturated carbocycles. The van der Waals surface area contributed by atoms with E-state index in [1.54, 1.807) is 16.7 Å². The van der Waals surface area contributed by atoms with E-state index in [1.165, 1.54) is 0 Å². The number of carbonyl (C=O) groups excluding carboxylic acids is 3. The summed E-state index contributed by atoms with van der Waals surface area (Å²) in [7, 11) is 0. The Morgan fingerprint density at radius 1 is 1.35 bits per heavy atom. The lowest BCUT2D eigenvalue weighted by molar-refractivity contribution is -0.167. The van der Waals surface area contributed by atoms with Crippen molar-refractivity contribution >= 4 is 29.9 Å². The fourth-order valence-corrected chi connectivity index (χ4v) is 4.89. The second kappa shape index (κ2) is 6.00. The lowest BCUT2D eigenvalue weighted by Crippen LogP contribution is -2.62. The first-order valence-corrected chi connectivity index (χ1v) is 8.48. The number of thioether (sulfide) groups is 1. The molecule has 3 atom stereocenters. The smallest absolute Gasteiger partial charge is 0.330 e. The van der Waals surface area contributed by atoms with Crippen molar-refractivity contribution in [2.45, 2.75) is 43.0 Å². The largest absolute Gasteiger partial charge is 0.459 e. The van der Waals surface area contributed by atoms with Crippen LogP contribution in [-0.2, 0) is 25.7 Å². The Kier molecular flexibility index (Phi) is 4.19. The van der Waals surface area contributed by atoms with Gasteiger partial charge in [0.05, 0.1) is 11.3 Å². The van der Waals surface area contributed by atoms with Gasteiger partial charge in [-0.15, -0.1) is 11.8 Å². The van der Waals surface area contributed by atoms with Gasteiger partial charge >= 0.3 is 5.97 Å². The number of benzene rings is 1. The molecule has 0 radical (unpaired) electrons. The molecule has 3 rings (SSSR count). The Morgan fingerprint density at radius 3 is 2.70 bits per heavy atom. The van der Waals surface area contributed by atoms with Gasteiger partial charge in [-0.05, 0) is 19.4 Å². The minimum Gasteiger partial charge on any atom is -0.459 e. The number of esters is 1. The number of aldehydes is 1. The number of amides is 1. The molecule has 122 valence electrons. The van der Waals surface area contributed by atoms with Gasteiger partial charge in [0.2, 0.25) is 5.91 Å². The molecule has 1 amide bonds. The summed E-state index contributed by atoms with van der Waals surface area (Å²) in [5, 5.41) is -0.100. The summed E-state index contributed by atoms with van der Waals surface area (Å²) in [6, 6.07) is 8.85. The van der Waals surface area contributed by atoms with Gasteiger partial charge in [-0.25, -0.2) is 4.79 Å². The van der Waals surface area contributed by atoms with E-state index in [9.17, 15) is 14.4 Å². The number of rotatable bonds is 5. The molecule has 2 aliphatic heterocycles. The van der Waals surface area contributed by atoms with Gasteiger partial charge in [0.25, 0.3) is 0 Å². The van der Waals surface area contributed by atoms with Gasteiger partial charge in [-0.2, -0.15) is 0 Å². The van der Waals surface area contributed by atoms with Crippen LogP contribution in [0.15, 0.2) is 30.3 Å². The molecule has 23 heavy (non-hydrogen) atoms. The van der Waals surface area contributed by atoms with Gasteiger partial charge in [0.15, 0.2) is 0 Å². The van der Waals surface area contributed by atoms with Crippen molar-refractivity contribution in [2.24, 2.45) is 5.92 Å². The third-order valence-corrected chi connectivity index (χ3v) is 5.98. The first-order chi connectivity index (χ1) is 11.0. The summed E-state index contributed by atoms with van der Waals surface area (Å²) in [4.78, 5) is 37.1. The summed E-state index contributed by atoms with van der Waals surface area (Å²) < 4.78 is 5.00. The molecule has 1 aromatic rings.